The van der Waals surface area contributed by atoms with Gasteiger partial charge in [0.1, 0.15) is 11.5 Å². The molecule has 0 spiro atoms. The van der Waals surface area contributed by atoms with Crippen LogP contribution in [0, 0.1) is 11.7 Å². The Bertz CT molecular complexity index is 907. The average molecular weight is 353 g/mol. The molecule has 1 aromatic carbocycles. The summed E-state index contributed by atoms with van der Waals surface area (Å²) in [6.07, 6.45) is 3.06. The largest absolute Gasteiger partial charge is 0.250 e. The third kappa shape index (κ3) is 2.70. The van der Waals surface area contributed by atoms with Crippen LogP contribution in [0.25, 0.3) is 5.69 Å². The number of benzene rings is 1. The van der Waals surface area contributed by atoms with Crippen molar-refractivity contribution in [1.29, 1.82) is 0 Å². The SMILES string of the molecule is Cc1nn(-c2ccccc2Cl)c(Cl)c1/C=N/n1cn[nH]c1=S. The maximum absolute atomic E-state index is 6.41. The van der Waals surface area contributed by atoms with Gasteiger partial charge < -0.3 is 0 Å². The second-order valence-corrected chi connectivity index (χ2v) is 5.56. The fourth-order valence-electron chi connectivity index (χ4n) is 1.89. The maximum atomic E-state index is 6.41. The number of aryl methyl sites for hydroxylation is 1. The normalized spacial score (nSPS) is 11.4. The molecule has 0 bridgehead atoms. The highest BCUT2D eigenvalue weighted by atomic mass is 35.5. The molecule has 0 amide bonds. The lowest BCUT2D eigenvalue weighted by molar-refractivity contribution is 0.862. The van der Waals surface area contributed by atoms with E-state index in [0.29, 0.717) is 26.2 Å². The van der Waals surface area contributed by atoms with Gasteiger partial charge in [-0.15, -0.1) is 0 Å². The van der Waals surface area contributed by atoms with E-state index in [9.17, 15) is 0 Å². The number of nitrogens with zero attached hydrogens (tertiary/aromatic N) is 5. The zero-order valence-electron chi connectivity index (χ0n) is 11.4. The molecule has 3 aromatic rings. The average Bonchev–Trinajstić information content (AvgIpc) is 3.02. The van der Waals surface area contributed by atoms with E-state index in [1.807, 2.05) is 25.1 Å². The number of hydrogen-bond donors (Lipinski definition) is 1. The molecular weight excluding hydrogens is 343 g/mol. The van der Waals surface area contributed by atoms with Crippen LogP contribution in [0.5, 0.6) is 0 Å². The van der Waals surface area contributed by atoms with Gasteiger partial charge in [0.25, 0.3) is 0 Å². The Balaban J connectivity index is 2.05. The van der Waals surface area contributed by atoms with Crippen LogP contribution >= 0.6 is 35.4 Å². The van der Waals surface area contributed by atoms with Gasteiger partial charge in [-0.1, -0.05) is 35.3 Å². The summed E-state index contributed by atoms with van der Waals surface area (Å²) in [5, 5.41) is 16.0. The van der Waals surface area contributed by atoms with Crippen molar-refractivity contribution in [2.45, 2.75) is 6.92 Å². The highest BCUT2D eigenvalue weighted by molar-refractivity contribution is 7.71. The summed E-state index contributed by atoms with van der Waals surface area (Å²) in [6, 6.07) is 7.34. The quantitative estimate of drug-likeness (QED) is 0.578. The summed E-state index contributed by atoms with van der Waals surface area (Å²) in [6.45, 7) is 1.84. The first-order chi connectivity index (χ1) is 10.6. The van der Waals surface area contributed by atoms with E-state index in [2.05, 4.69) is 20.4 Å². The molecular formula is C13H10Cl2N6S. The highest BCUT2D eigenvalue weighted by Crippen LogP contribution is 2.26. The van der Waals surface area contributed by atoms with E-state index >= 15 is 0 Å². The number of hydrogen-bond acceptors (Lipinski definition) is 4. The van der Waals surface area contributed by atoms with Gasteiger partial charge in [0.2, 0.25) is 4.77 Å². The fourth-order valence-corrected chi connectivity index (χ4v) is 2.56. The molecule has 2 heterocycles. The number of nitrogens with one attached hydrogen (secondary N) is 1. The molecule has 2 aromatic heterocycles. The van der Waals surface area contributed by atoms with Gasteiger partial charge in [0.15, 0.2) is 0 Å². The number of halogens is 2. The molecule has 0 saturated carbocycles. The number of H-pyrrole nitrogens is 1. The Morgan fingerprint density at radius 1 is 1.32 bits per heavy atom. The summed E-state index contributed by atoms with van der Waals surface area (Å²) in [4.78, 5) is 0. The van der Waals surface area contributed by atoms with Crippen LogP contribution < -0.4 is 0 Å². The van der Waals surface area contributed by atoms with E-state index in [0.717, 1.165) is 5.69 Å². The van der Waals surface area contributed by atoms with Gasteiger partial charge in [-0.2, -0.15) is 20.0 Å². The lowest BCUT2D eigenvalue weighted by atomic mass is 10.3. The lowest BCUT2D eigenvalue weighted by Crippen LogP contribution is -1.97. The Labute approximate surface area is 141 Å². The van der Waals surface area contributed by atoms with Crippen LogP contribution in [0.2, 0.25) is 10.2 Å². The van der Waals surface area contributed by atoms with Gasteiger partial charge in [0.05, 0.1) is 28.2 Å². The number of rotatable bonds is 3. The molecule has 22 heavy (non-hydrogen) atoms. The Kier molecular flexibility index (Phi) is 4.10. The Hall–Kier alpha value is -1.96. The summed E-state index contributed by atoms with van der Waals surface area (Å²) in [5.41, 5.74) is 2.12. The van der Waals surface area contributed by atoms with Crippen molar-refractivity contribution in [3.8, 4) is 5.69 Å². The number of aromatic amines is 1. The molecule has 6 nitrogen and oxygen atoms in total. The zero-order chi connectivity index (χ0) is 15.7. The minimum absolute atomic E-state index is 0.392. The molecule has 0 radical (unpaired) electrons. The van der Waals surface area contributed by atoms with Crippen molar-refractivity contribution < 1.29 is 0 Å². The van der Waals surface area contributed by atoms with Crippen molar-refractivity contribution in [3.63, 3.8) is 0 Å². The van der Waals surface area contributed by atoms with Gasteiger partial charge in [-0.05, 0) is 31.3 Å². The molecule has 3 rings (SSSR count). The van der Waals surface area contributed by atoms with E-state index in [1.54, 1.807) is 17.0 Å². The third-order valence-electron chi connectivity index (χ3n) is 2.98. The van der Waals surface area contributed by atoms with Gasteiger partial charge in [-0.25, -0.2) is 4.68 Å². The number of para-hydroxylation sites is 1. The molecule has 0 atom stereocenters. The minimum Gasteiger partial charge on any atom is -0.250 e. The van der Waals surface area contributed by atoms with Crippen LogP contribution in [-0.4, -0.2) is 30.9 Å². The smallest absolute Gasteiger partial charge is 0.216 e. The molecule has 0 unspecified atom stereocenters. The van der Waals surface area contributed by atoms with E-state index in [4.69, 9.17) is 35.4 Å². The Morgan fingerprint density at radius 2 is 2.09 bits per heavy atom. The van der Waals surface area contributed by atoms with Crippen LogP contribution in [0.1, 0.15) is 11.3 Å². The van der Waals surface area contributed by atoms with E-state index in [1.165, 1.54) is 11.0 Å². The van der Waals surface area contributed by atoms with Crippen molar-refractivity contribution >= 4 is 41.6 Å². The third-order valence-corrected chi connectivity index (χ3v) is 3.94. The molecule has 112 valence electrons. The molecule has 0 aliphatic carbocycles. The lowest BCUT2D eigenvalue weighted by Gasteiger charge is -2.04. The van der Waals surface area contributed by atoms with Crippen molar-refractivity contribution in [2.75, 3.05) is 0 Å². The summed E-state index contributed by atoms with van der Waals surface area (Å²) < 4.78 is 3.40. The van der Waals surface area contributed by atoms with Gasteiger partial charge in [-0.3, -0.25) is 5.10 Å². The van der Waals surface area contributed by atoms with Crippen molar-refractivity contribution in [3.05, 3.63) is 56.8 Å². The van der Waals surface area contributed by atoms with E-state index in [-0.39, 0.29) is 0 Å². The van der Waals surface area contributed by atoms with Gasteiger partial charge >= 0.3 is 0 Å². The first-order valence-electron chi connectivity index (χ1n) is 6.24. The predicted octanol–water partition coefficient (Wildman–Crippen LogP) is 3.62. The fraction of sp³-hybridized carbons (Fsp3) is 0.0769. The van der Waals surface area contributed by atoms with Crippen molar-refractivity contribution in [1.82, 2.24) is 24.7 Å². The molecule has 0 saturated heterocycles. The summed E-state index contributed by atoms with van der Waals surface area (Å²) in [7, 11) is 0. The number of aromatic nitrogens is 5. The zero-order valence-corrected chi connectivity index (χ0v) is 13.7. The summed E-state index contributed by atoms with van der Waals surface area (Å²) >= 11 is 17.6. The second-order valence-electron chi connectivity index (χ2n) is 4.40. The molecule has 0 fully saturated rings. The summed E-state index contributed by atoms with van der Waals surface area (Å²) in [5.74, 6) is 0. The first-order valence-corrected chi connectivity index (χ1v) is 7.40. The standard InChI is InChI=1S/C13H10Cl2N6S/c1-8-9(6-17-20-7-16-18-13(20)22)12(15)21(19-8)11-5-3-2-4-10(11)14/h2-7H,1H3,(H,18,22)/b17-6+. The topological polar surface area (TPSA) is 63.8 Å². The Morgan fingerprint density at radius 3 is 2.77 bits per heavy atom. The van der Waals surface area contributed by atoms with Crippen LogP contribution in [0.15, 0.2) is 35.7 Å². The predicted molar refractivity (Wildman–Crippen MR) is 88.7 cm³/mol. The van der Waals surface area contributed by atoms with Crippen LogP contribution in [-0.2, 0) is 0 Å². The maximum Gasteiger partial charge on any atom is 0.216 e. The minimum atomic E-state index is 0.392. The molecule has 0 aliphatic rings. The highest BCUT2D eigenvalue weighted by Gasteiger charge is 2.14. The van der Waals surface area contributed by atoms with Crippen LogP contribution in [0.3, 0.4) is 0 Å². The first kappa shape index (κ1) is 15.0. The van der Waals surface area contributed by atoms with Gasteiger partial charge in [0, 0.05) is 0 Å². The molecule has 1 N–H and O–H groups in total. The second kappa shape index (κ2) is 6.04. The van der Waals surface area contributed by atoms with E-state index < -0.39 is 0 Å². The molecule has 0 aliphatic heterocycles. The van der Waals surface area contributed by atoms with Crippen LogP contribution in [0.4, 0.5) is 0 Å². The monoisotopic (exact) mass is 352 g/mol. The van der Waals surface area contributed by atoms with Crippen molar-refractivity contribution in [2.24, 2.45) is 5.10 Å². The molecule has 9 heteroatoms.